The highest BCUT2D eigenvalue weighted by molar-refractivity contribution is 7.92. The van der Waals surface area contributed by atoms with E-state index in [-0.39, 0.29) is 15.5 Å². The van der Waals surface area contributed by atoms with Gasteiger partial charge in [0.2, 0.25) is 0 Å². The maximum atomic E-state index is 12.7. The molecule has 0 fully saturated rings. The molecular formula is C20H18ClN3O3S. The predicted molar refractivity (Wildman–Crippen MR) is 110 cm³/mol. The molecule has 3 aromatic rings. The van der Waals surface area contributed by atoms with Crippen LogP contribution < -0.4 is 10.0 Å². The number of carbonyl (C=O) groups excluding carboxylic acids is 1. The first-order valence-corrected chi connectivity index (χ1v) is 10.2. The van der Waals surface area contributed by atoms with E-state index in [4.69, 9.17) is 11.6 Å². The van der Waals surface area contributed by atoms with Gasteiger partial charge in [-0.1, -0.05) is 23.7 Å². The number of pyridine rings is 1. The highest BCUT2D eigenvalue weighted by atomic mass is 35.5. The second-order valence-corrected chi connectivity index (χ2v) is 8.30. The van der Waals surface area contributed by atoms with Crippen molar-refractivity contribution in [1.29, 1.82) is 0 Å². The number of benzene rings is 2. The molecular weight excluding hydrogens is 398 g/mol. The van der Waals surface area contributed by atoms with Crippen molar-refractivity contribution in [2.24, 2.45) is 0 Å². The quantitative estimate of drug-likeness (QED) is 0.646. The van der Waals surface area contributed by atoms with E-state index in [1.807, 2.05) is 19.9 Å². The van der Waals surface area contributed by atoms with Crippen molar-refractivity contribution in [3.05, 3.63) is 82.5 Å². The van der Waals surface area contributed by atoms with Crippen molar-refractivity contribution >= 4 is 39.0 Å². The molecule has 1 aromatic heterocycles. The molecule has 1 heterocycles. The number of nitrogens with one attached hydrogen (secondary N) is 2. The van der Waals surface area contributed by atoms with Crippen molar-refractivity contribution in [3.8, 4) is 0 Å². The van der Waals surface area contributed by atoms with Gasteiger partial charge in [0.1, 0.15) is 5.82 Å². The second-order valence-electron chi connectivity index (χ2n) is 6.22. The lowest BCUT2D eigenvalue weighted by atomic mass is 10.1. The Morgan fingerprint density at radius 3 is 2.46 bits per heavy atom. The summed E-state index contributed by atoms with van der Waals surface area (Å²) in [5.74, 6) is -0.211. The van der Waals surface area contributed by atoms with Gasteiger partial charge in [0.25, 0.3) is 15.9 Å². The van der Waals surface area contributed by atoms with Crippen LogP contribution in [0.5, 0.6) is 0 Å². The molecule has 0 aliphatic rings. The van der Waals surface area contributed by atoms with E-state index in [9.17, 15) is 13.2 Å². The Labute approximate surface area is 168 Å². The average molecular weight is 416 g/mol. The summed E-state index contributed by atoms with van der Waals surface area (Å²) in [7, 11) is -3.89. The highest BCUT2D eigenvalue weighted by Gasteiger charge is 2.19. The van der Waals surface area contributed by atoms with E-state index in [0.717, 1.165) is 11.1 Å². The van der Waals surface area contributed by atoms with Crippen LogP contribution in [0.3, 0.4) is 0 Å². The van der Waals surface area contributed by atoms with E-state index < -0.39 is 15.9 Å². The summed E-state index contributed by atoms with van der Waals surface area (Å²) >= 11 is 6.11. The first-order chi connectivity index (χ1) is 13.3. The van der Waals surface area contributed by atoms with Crippen LogP contribution in [0.25, 0.3) is 0 Å². The topological polar surface area (TPSA) is 88.2 Å². The number of nitrogens with zero attached hydrogens (tertiary/aromatic N) is 1. The number of aryl methyl sites for hydroxylation is 2. The summed E-state index contributed by atoms with van der Waals surface area (Å²) in [6, 6.07) is 14.3. The van der Waals surface area contributed by atoms with E-state index in [1.54, 1.807) is 30.3 Å². The second kappa shape index (κ2) is 8.00. The van der Waals surface area contributed by atoms with Crippen LogP contribution in [0.4, 0.5) is 11.5 Å². The third kappa shape index (κ3) is 4.49. The van der Waals surface area contributed by atoms with Crippen LogP contribution in [-0.2, 0) is 10.0 Å². The Morgan fingerprint density at radius 1 is 1.00 bits per heavy atom. The van der Waals surface area contributed by atoms with Crippen LogP contribution in [0.15, 0.2) is 65.7 Å². The standard InChI is InChI=1S/C20H18ClN3O3S/c1-13-6-7-15(11-14(13)2)24-28(26,27)16-8-9-18(21)17(12-16)20(25)23-19-5-3-4-10-22-19/h3-12,24H,1-2H3,(H,22,23,25). The van der Waals surface area contributed by atoms with Crippen LogP contribution in [0.1, 0.15) is 21.5 Å². The Morgan fingerprint density at radius 2 is 1.79 bits per heavy atom. The van der Waals surface area contributed by atoms with Gasteiger partial charge in [-0.25, -0.2) is 13.4 Å². The number of aromatic nitrogens is 1. The number of halogens is 1. The van der Waals surface area contributed by atoms with Crippen molar-refractivity contribution in [2.75, 3.05) is 10.0 Å². The molecule has 0 atom stereocenters. The lowest BCUT2D eigenvalue weighted by Crippen LogP contribution is -2.17. The minimum absolute atomic E-state index is 0.0373. The van der Waals surface area contributed by atoms with E-state index in [1.165, 1.54) is 24.4 Å². The molecule has 3 rings (SSSR count). The number of hydrogen-bond acceptors (Lipinski definition) is 4. The Hall–Kier alpha value is -2.90. The van der Waals surface area contributed by atoms with Crippen molar-refractivity contribution < 1.29 is 13.2 Å². The number of amides is 1. The van der Waals surface area contributed by atoms with Gasteiger partial charge in [-0.15, -0.1) is 0 Å². The zero-order chi connectivity index (χ0) is 20.3. The van der Waals surface area contributed by atoms with Crippen LogP contribution in [-0.4, -0.2) is 19.3 Å². The maximum Gasteiger partial charge on any atom is 0.261 e. The molecule has 2 N–H and O–H groups in total. The van der Waals surface area contributed by atoms with E-state index >= 15 is 0 Å². The van der Waals surface area contributed by atoms with Gasteiger partial charge >= 0.3 is 0 Å². The highest BCUT2D eigenvalue weighted by Crippen LogP contribution is 2.24. The first kappa shape index (κ1) is 19.9. The van der Waals surface area contributed by atoms with Crippen LogP contribution >= 0.6 is 11.6 Å². The Balaban J connectivity index is 1.88. The molecule has 0 bridgehead atoms. The summed E-state index contributed by atoms with van der Waals surface area (Å²) < 4.78 is 28.0. The molecule has 1 amide bonds. The molecule has 28 heavy (non-hydrogen) atoms. The number of anilines is 2. The van der Waals surface area contributed by atoms with Crippen LogP contribution in [0.2, 0.25) is 5.02 Å². The third-order valence-electron chi connectivity index (χ3n) is 4.16. The SMILES string of the molecule is Cc1ccc(NS(=O)(=O)c2ccc(Cl)c(C(=O)Nc3ccccn3)c2)cc1C. The lowest BCUT2D eigenvalue weighted by molar-refractivity contribution is 0.102. The molecule has 144 valence electrons. The molecule has 0 unspecified atom stereocenters. The zero-order valence-corrected chi connectivity index (χ0v) is 16.8. The normalized spacial score (nSPS) is 11.1. The van der Waals surface area contributed by atoms with Gasteiger partial charge < -0.3 is 5.32 Å². The minimum Gasteiger partial charge on any atom is -0.307 e. The molecule has 0 saturated heterocycles. The number of rotatable bonds is 5. The Bertz CT molecular complexity index is 1130. The summed E-state index contributed by atoms with van der Waals surface area (Å²) in [6.07, 6.45) is 1.53. The minimum atomic E-state index is -3.89. The molecule has 0 spiro atoms. The Kier molecular flexibility index (Phi) is 5.67. The molecule has 2 aromatic carbocycles. The largest absolute Gasteiger partial charge is 0.307 e. The van der Waals surface area contributed by atoms with Gasteiger partial charge in [0.05, 0.1) is 15.5 Å². The van der Waals surface area contributed by atoms with Crippen molar-refractivity contribution in [1.82, 2.24) is 4.98 Å². The lowest BCUT2D eigenvalue weighted by Gasteiger charge is -2.12. The first-order valence-electron chi connectivity index (χ1n) is 8.38. The summed E-state index contributed by atoms with van der Waals surface area (Å²) in [4.78, 5) is 16.4. The monoisotopic (exact) mass is 415 g/mol. The fourth-order valence-electron chi connectivity index (χ4n) is 2.48. The average Bonchev–Trinajstić information content (AvgIpc) is 2.65. The van der Waals surface area contributed by atoms with Gasteiger partial charge in [-0.2, -0.15) is 0 Å². The molecule has 0 aliphatic heterocycles. The molecule has 6 nitrogen and oxygen atoms in total. The van der Waals surface area contributed by atoms with Gasteiger partial charge in [-0.05, 0) is 67.4 Å². The van der Waals surface area contributed by atoms with E-state index in [0.29, 0.717) is 11.5 Å². The number of carbonyl (C=O) groups is 1. The van der Waals surface area contributed by atoms with Gasteiger partial charge in [0.15, 0.2) is 0 Å². The fraction of sp³-hybridized carbons (Fsp3) is 0.100. The number of sulfonamides is 1. The molecule has 0 saturated carbocycles. The van der Waals surface area contributed by atoms with Crippen molar-refractivity contribution in [3.63, 3.8) is 0 Å². The zero-order valence-electron chi connectivity index (χ0n) is 15.2. The summed E-state index contributed by atoms with van der Waals surface area (Å²) in [6.45, 7) is 3.84. The third-order valence-corrected chi connectivity index (χ3v) is 5.87. The molecule has 8 heteroatoms. The smallest absolute Gasteiger partial charge is 0.261 e. The summed E-state index contributed by atoms with van der Waals surface area (Å²) in [5, 5.41) is 2.73. The summed E-state index contributed by atoms with van der Waals surface area (Å²) in [5.41, 5.74) is 2.50. The van der Waals surface area contributed by atoms with E-state index in [2.05, 4.69) is 15.0 Å². The van der Waals surface area contributed by atoms with Crippen LogP contribution in [0, 0.1) is 13.8 Å². The molecule has 0 radical (unpaired) electrons. The molecule has 0 aliphatic carbocycles. The fourth-order valence-corrected chi connectivity index (χ4v) is 3.76. The van der Waals surface area contributed by atoms with Crippen molar-refractivity contribution in [2.45, 2.75) is 18.7 Å². The predicted octanol–water partition coefficient (Wildman–Crippen LogP) is 4.40. The van der Waals surface area contributed by atoms with Gasteiger partial charge in [-0.3, -0.25) is 9.52 Å². The maximum absolute atomic E-state index is 12.7. The number of hydrogen-bond donors (Lipinski definition) is 2. The van der Waals surface area contributed by atoms with Gasteiger partial charge in [0, 0.05) is 11.9 Å².